The zero-order chi connectivity index (χ0) is 8.53. The second-order valence-electron chi connectivity index (χ2n) is 2.87. The minimum atomic E-state index is 0.386. The summed E-state index contributed by atoms with van der Waals surface area (Å²) >= 11 is 0. The van der Waals surface area contributed by atoms with E-state index in [2.05, 4.69) is 13.8 Å². The van der Waals surface area contributed by atoms with Crippen molar-refractivity contribution in [3.63, 3.8) is 0 Å². The van der Waals surface area contributed by atoms with Crippen LogP contribution in [0.1, 0.15) is 39.5 Å². The molecule has 0 aromatic heterocycles. The number of hydrogen-bond donors (Lipinski definition) is 0. The van der Waals surface area contributed by atoms with Gasteiger partial charge in [0.15, 0.2) is 0 Å². The van der Waals surface area contributed by atoms with E-state index in [1.807, 2.05) is 0 Å². The van der Waals surface area contributed by atoms with Crippen molar-refractivity contribution < 1.29 is 9.78 Å². The van der Waals surface area contributed by atoms with Crippen LogP contribution in [0.2, 0.25) is 0 Å². The monoisotopic (exact) mass is 176 g/mol. The Balaban J connectivity index is 2.97. The Morgan fingerprint density at radius 2 is 2.00 bits per heavy atom. The zero-order valence-electron chi connectivity index (χ0n) is 7.93. The van der Waals surface area contributed by atoms with Gasteiger partial charge in [-0.05, 0) is 12.8 Å². The molecule has 0 amide bonds. The standard InChI is InChI=1S/C8H20O2Si/c1-3-5-7-9-10-8(11)6-4-2/h8H,3-7H2,1-2,11H3. The number of hydrogen-bond acceptors (Lipinski definition) is 2. The van der Waals surface area contributed by atoms with Crippen LogP contribution in [-0.2, 0) is 9.78 Å². The molecule has 11 heavy (non-hydrogen) atoms. The van der Waals surface area contributed by atoms with Crippen molar-refractivity contribution in [3.8, 4) is 0 Å². The fourth-order valence-electron chi connectivity index (χ4n) is 0.822. The van der Waals surface area contributed by atoms with E-state index in [-0.39, 0.29) is 0 Å². The molecule has 0 radical (unpaired) electrons. The summed E-state index contributed by atoms with van der Waals surface area (Å²) in [6.07, 6.45) is 4.59. The lowest BCUT2D eigenvalue weighted by Crippen LogP contribution is -2.13. The molecule has 1 unspecified atom stereocenters. The van der Waals surface area contributed by atoms with E-state index in [4.69, 9.17) is 9.78 Å². The lowest BCUT2D eigenvalue weighted by molar-refractivity contribution is -0.307. The summed E-state index contributed by atoms with van der Waals surface area (Å²) in [5.74, 6) is 0. The maximum absolute atomic E-state index is 5.15. The molecule has 0 bridgehead atoms. The van der Waals surface area contributed by atoms with E-state index < -0.39 is 0 Å². The van der Waals surface area contributed by atoms with E-state index >= 15 is 0 Å². The van der Waals surface area contributed by atoms with E-state index in [1.165, 1.54) is 12.8 Å². The minimum absolute atomic E-state index is 0.386. The molecule has 0 rings (SSSR count). The van der Waals surface area contributed by atoms with Crippen LogP contribution in [0.25, 0.3) is 0 Å². The molecular weight excluding hydrogens is 156 g/mol. The van der Waals surface area contributed by atoms with Crippen molar-refractivity contribution in [3.05, 3.63) is 0 Å². The molecule has 0 spiro atoms. The van der Waals surface area contributed by atoms with E-state index in [0.29, 0.717) is 5.73 Å². The molecule has 0 fully saturated rings. The summed E-state index contributed by atoms with van der Waals surface area (Å²) in [7, 11) is 1.07. The molecule has 68 valence electrons. The highest BCUT2D eigenvalue weighted by Crippen LogP contribution is 1.98. The Hall–Kier alpha value is 0.137. The fraction of sp³-hybridized carbons (Fsp3) is 1.00. The van der Waals surface area contributed by atoms with Crippen molar-refractivity contribution in [1.82, 2.24) is 0 Å². The Morgan fingerprint density at radius 3 is 2.55 bits per heavy atom. The van der Waals surface area contributed by atoms with Crippen LogP contribution in [0.5, 0.6) is 0 Å². The molecule has 0 heterocycles. The summed E-state index contributed by atoms with van der Waals surface area (Å²) in [6, 6.07) is 0. The van der Waals surface area contributed by atoms with Gasteiger partial charge in [0.2, 0.25) is 0 Å². The van der Waals surface area contributed by atoms with Gasteiger partial charge in [0.1, 0.15) is 0 Å². The number of unbranched alkanes of at least 4 members (excludes halogenated alkanes) is 1. The Morgan fingerprint density at radius 1 is 1.27 bits per heavy atom. The molecule has 0 saturated heterocycles. The predicted octanol–water partition coefficient (Wildman–Crippen LogP) is 1.23. The highest BCUT2D eigenvalue weighted by atomic mass is 28.1. The zero-order valence-corrected chi connectivity index (χ0v) is 9.93. The van der Waals surface area contributed by atoms with Gasteiger partial charge in [-0.3, -0.25) is 0 Å². The van der Waals surface area contributed by atoms with Gasteiger partial charge < -0.3 is 0 Å². The molecule has 0 aromatic rings. The third kappa shape index (κ3) is 8.04. The fourth-order valence-corrected chi connectivity index (χ4v) is 1.54. The Kier molecular flexibility index (Phi) is 8.34. The van der Waals surface area contributed by atoms with Crippen LogP contribution in [0.15, 0.2) is 0 Å². The van der Waals surface area contributed by atoms with Crippen molar-refractivity contribution in [2.24, 2.45) is 0 Å². The predicted molar refractivity (Wildman–Crippen MR) is 50.6 cm³/mol. The first-order valence-corrected chi connectivity index (χ1v) is 5.75. The van der Waals surface area contributed by atoms with Crippen LogP contribution >= 0.6 is 0 Å². The molecule has 0 aliphatic heterocycles. The van der Waals surface area contributed by atoms with Crippen molar-refractivity contribution in [2.45, 2.75) is 45.3 Å². The smallest absolute Gasteiger partial charge is 0.0822 e. The summed E-state index contributed by atoms with van der Waals surface area (Å²) in [5, 5.41) is 0. The first kappa shape index (κ1) is 11.1. The van der Waals surface area contributed by atoms with Gasteiger partial charge in [0.05, 0.1) is 12.3 Å². The normalized spacial score (nSPS) is 13.6. The molecule has 0 aromatic carbocycles. The SMILES string of the molecule is CCCCOOC([SiH3])CCC. The van der Waals surface area contributed by atoms with Gasteiger partial charge in [0, 0.05) is 10.2 Å². The molecule has 0 aliphatic rings. The average molecular weight is 176 g/mol. The molecule has 0 saturated carbocycles. The van der Waals surface area contributed by atoms with Gasteiger partial charge in [0.25, 0.3) is 0 Å². The highest BCUT2D eigenvalue weighted by molar-refractivity contribution is 6.10. The van der Waals surface area contributed by atoms with Gasteiger partial charge in [-0.2, -0.15) is 0 Å². The largest absolute Gasteiger partial charge is 0.238 e. The first-order valence-electron chi connectivity index (χ1n) is 4.59. The third-order valence-electron chi connectivity index (χ3n) is 1.51. The minimum Gasteiger partial charge on any atom is -0.238 e. The quantitative estimate of drug-likeness (QED) is 0.251. The first-order chi connectivity index (χ1) is 5.31. The van der Waals surface area contributed by atoms with Crippen LogP contribution < -0.4 is 0 Å². The lowest BCUT2D eigenvalue weighted by atomic mass is 10.4. The van der Waals surface area contributed by atoms with Gasteiger partial charge in [-0.1, -0.05) is 26.7 Å². The van der Waals surface area contributed by atoms with Gasteiger partial charge in [-0.15, -0.1) is 0 Å². The van der Waals surface area contributed by atoms with E-state index in [0.717, 1.165) is 29.7 Å². The summed E-state index contributed by atoms with van der Waals surface area (Å²) in [5.41, 5.74) is 0.386. The Bertz CT molecular complexity index is 78.5. The Labute approximate surface area is 72.6 Å². The average Bonchev–Trinajstić information content (AvgIpc) is 1.99. The molecule has 0 aliphatic carbocycles. The maximum Gasteiger partial charge on any atom is 0.0822 e. The van der Waals surface area contributed by atoms with Crippen molar-refractivity contribution >= 4 is 10.2 Å². The molecule has 3 heteroatoms. The van der Waals surface area contributed by atoms with E-state index in [1.54, 1.807) is 0 Å². The molecule has 0 N–H and O–H groups in total. The van der Waals surface area contributed by atoms with Crippen molar-refractivity contribution in [1.29, 1.82) is 0 Å². The summed E-state index contributed by atoms with van der Waals surface area (Å²) < 4.78 is 0. The second kappa shape index (κ2) is 8.24. The maximum atomic E-state index is 5.15. The topological polar surface area (TPSA) is 18.5 Å². The lowest BCUT2D eigenvalue weighted by Gasteiger charge is -2.09. The van der Waals surface area contributed by atoms with Gasteiger partial charge >= 0.3 is 0 Å². The molecular formula is C8H20O2Si. The number of rotatable bonds is 7. The van der Waals surface area contributed by atoms with Crippen LogP contribution in [0, 0.1) is 0 Å². The molecule has 1 atom stereocenters. The second-order valence-corrected chi connectivity index (χ2v) is 4.16. The third-order valence-corrected chi connectivity index (χ3v) is 2.28. The van der Waals surface area contributed by atoms with E-state index in [9.17, 15) is 0 Å². The summed E-state index contributed by atoms with van der Waals surface area (Å²) in [4.78, 5) is 10.2. The summed E-state index contributed by atoms with van der Waals surface area (Å²) in [6.45, 7) is 5.06. The van der Waals surface area contributed by atoms with Gasteiger partial charge in [-0.25, -0.2) is 9.78 Å². The highest BCUT2D eigenvalue weighted by Gasteiger charge is 1.99. The van der Waals surface area contributed by atoms with Crippen LogP contribution in [0.4, 0.5) is 0 Å². The molecule has 2 nitrogen and oxygen atoms in total. The van der Waals surface area contributed by atoms with Crippen LogP contribution in [0.3, 0.4) is 0 Å². The van der Waals surface area contributed by atoms with Crippen molar-refractivity contribution in [2.75, 3.05) is 6.61 Å². The van der Waals surface area contributed by atoms with Crippen LogP contribution in [-0.4, -0.2) is 22.6 Å².